The van der Waals surface area contributed by atoms with Crippen LogP contribution in [0.25, 0.3) is 11.0 Å². The highest BCUT2D eigenvalue weighted by Gasteiger charge is 2.50. The van der Waals surface area contributed by atoms with E-state index in [1.807, 2.05) is 6.07 Å². The molecule has 0 radical (unpaired) electrons. The molecule has 0 atom stereocenters. The summed E-state index contributed by atoms with van der Waals surface area (Å²) in [5.74, 6) is 3.51. The van der Waals surface area contributed by atoms with Crippen LogP contribution in [0.3, 0.4) is 0 Å². The predicted octanol–water partition coefficient (Wildman–Crippen LogP) is 4.69. The van der Waals surface area contributed by atoms with Crippen molar-refractivity contribution in [3.8, 4) is 0 Å². The van der Waals surface area contributed by atoms with Crippen LogP contribution < -0.4 is 5.32 Å². The third kappa shape index (κ3) is 3.63. The molecule has 0 unspecified atom stereocenters. The molecular weight excluding hydrogens is 354 g/mol. The van der Waals surface area contributed by atoms with Crippen molar-refractivity contribution in [2.75, 3.05) is 12.3 Å². The van der Waals surface area contributed by atoms with Gasteiger partial charge in [0.1, 0.15) is 0 Å². The standard InChI is InChI=1S/C22H29N3OS/c1-14-2-3-18-19(6-14)25-21(24-18)27-13-20(26)23-5-4-22-10-15-7-16(11-22)9-17(8-15)12-22/h2-3,6,15-17H,4-5,7-13H2,1H3,(H,23,26)(H,24,25). The van der Waals surface area contributed by atoms with Crippen molar-refractivity contribution in [3.63, 3.8) is 0 Å². The van der Waals surface area contributed by atoms with Crippen LogP contribution in [0.2, 0.25) is 0 Å². The highest BCUT2D eigenvalue weighted by molar-refractivity contribution is 7.99. The third-order valence-electron chi connectivity index (χ3n) is 7.10. The summed E-state index contributed by atoms with van der Waals surface area (Å²) in [6.07, 6.45) is 9.89. The minimum absolute atomic E-state index is 0.126. The van der Waals surface area contributed by atoms with E-state index in [4.69, 9.17) is 0 Å². The van der Waals surface area contributed by atoms with Crippen molar-refractivity contribution in [1.29, 1.82) is 0 Å². The molecule has 6 rings (SSSR count). The quantitative estimate of drug-likeness (QED) is 0.712. The van der Waals surface area contributed by atoms with Crippen LogP contribution in [0.5, 0.6) is 0 Å². The highest BCUT2D eigenvalue weighted by atomic mass is 32.2. The lowest BCUT2D eigenvalue weighted by Crippen LogP contribution is -2.47. The zero-order chi connectivity index (χ0) is 18.4. The molecule has 1 aromatic carbocycles. The molecule has 2 aromatic rings. The number of H-pyrrole nitrogens is 1. The number of carbonyl (C=O) groups excluding carboxylic acids is 1. The Labute approximate surface area is 165 Å². The molecule has 4 bridgehead atoms. The first kappa shape index (κ1) is 17.6. The molecule has 1 amide bonds. The van der Waals surface area contributed by atoms with Crippen LogP contribution in [0.15, 0.2) is 23.4 Å². The van der Waals surface area contributed by atoms with Crippen molar-refractivity contribution < 1.29 is 4.79 Å². The molecule has 144 valence electrons. The minimum Gasteiger partial charge on any atom is -0.355 e. The normalized spacial score (nSPS) is 31.5. The van der Waals surface area contributed by atoms with Gasteiger partial charge in [0.15, 0.2) is 5.16 Å². The van der Waals surface area contributed by atoms with Gasteiger partial charge >= 0.3 is 0 Å². The molecule has 2 N–H and O–H groups in total. The number of thioether (sulfide) groups is 1. The number of aryl methyl sites for hydroxylation is 1. The Bertz CT molecular complexity index is 823. The molecule has 1 aromatic heterocycles. The number of nitrogens with one attached hydrogen (secondary N) is 2. The largest absolute Gasteiger partial charge is 0.355 e. The Morgan fingerprint density at radius 3 is 2.63 bits per heavy atom. The van der Waals surface area contributed by atoms with E-state index in [1.54, 1.807) is 0 Å². The van der Waals surface area contributed by atoms with E-state index in [0.717, 1.165) is 40.5 Å². The van der Waals surface area contributed by atoms with E-state index < -0.39 is 0 Å². The summed E-state index contributed by atoms with van der Waals surface area (Å²) in [7, 11) is 0. The fraction of sp³-hybridized carbons (Fsp3) is 0.636. The number of rotatable bonds is 6. The molecule has 5 heteroatoms. The minimum atomic E-state index is 0.126. The fourth-order valence-electron chi connectivity index (χ4n) is 6.42. The highest BCUT2D eigenvalue weighted by Crippen LogP contribution is 2.61. The monoisotopic (exact) mass is 383 g/mol. The lowest BCUT2D eigenvalue weighted by molar-refractivity contribution is -0.119. The second-order valence-corrected chi connectivity index (χ2v) is 10.3. The van der Waals surface area contributed by atoms with Crippen LogP contribution in [0, 0.1) is 30.1 Å². The SMILES string of the molecule is Cc1ccc2nc(SCC(=O)NCCC34CC5CC(CC(C5)C3)C4)[nH]c2c1. The number of amides is 1. The predicted molar refractivity (Wildman–Crippen MR) is 110 cm³/mol. The lowest BCUT2D eigenvalue weighted by atomic mass is 9.49. The van der Waals surface area contributed by atoms with Gasteiger partial charge in [0, 0.05) is 6.54 Å². The second kappa shape index (κ2) is 6.84. The van der Waals surface area contributed by atoms with Crippen LogP contribution in [0.1, 0.15) is 50.5 Å². The molecule has 4 nitrogen and oxygen atoms in total. The van der Waals surface area contributed by atoms with Gasteiger partial charge in [0.25, 0.3) is 0 Å². The van der Waals surface area contributed by atoms with Gasteiger partial charge in [-0.3, -0.25) is 4.79 Å². The lowest BCUT2D eigenvalue weighted by Gasteiger charge is -2.57. The summed E-state index contributed by atoms with van der Waals surface area (Å²) >= 11 is 1.49. The number of imidazole rings is 1. The number of carbonyl (C=O) groups is 1. The Balaban J connectivity index is 1.10. The molecular formula is C22H29N3OS. The molecule has 0 spiro atoms. The van der Waals surface area contributed by atoms with E-state index in [1.165, 1.54) is 62.3 Å². The summed E-state index contributed by atoms with van der Waals surface area (Å²) < 4.78 is 0. The Morgan fingerprint density at radius 2 is 1.93 bits per heavy atom. The number of nitrogens with zero attached hydrogens (tertiary/aromatic N) is 1. The molecule has 27 heavy (non-hydrogen) atoms. The van der Waals surface area contributed by atoms with Crippen molar-refractivity contribution in [3.05, 3.63) is 23.8 Å². The fourth-order valence-corrected chi connectivity index (χ4v) is 7.13. The summed E-state index contributed by atoms with van der Waals surface area (Å²) in [6, 6.07) is 6.18. The third-order valence-corrected chi connectivity index (χ3v) is 7.97. The van der Waals surface area contributed by atoms with E-state index in [2.05, 4.69) is 34.3 Å². The molecule has 1 heterocycles. The Kier molecular flexibility index (Phi) is 4.46. The smallest absolute Gasteiger partial charge is 0.230 e. The van der Waals surface area contributed by atoms with E-state index in [-0.39, 0.29) is 5.91 Å². The van der Waals surface area contributed by atoms with Gasteiger partial charge in [-0.25, -0.2) is 4.98 Å². The van der Waals surface area contributed by atoms with Crippen molar-refractivity contribution in [2.45, 2.75) is 57.0 Å². The molecule has 4 fully saturated rings. The Hall–Kier alpha value is -1.49. The zero-order valence-corrected chi connectivity index (χ0v) is 16.9. The first-order chi connectivity index (χ1) is 13.1. The average Bonchev–Trinajstić information content (AvgIpc) is 3.00. The topological polar surface area (TPSA) is 57.8 Å². The van der Waals surface area contributed by atoms with Crippen LogP contribution in [0.4, 0.5) is 0 Å². The second-order valence-electron chi connectivity index (χ2n) is 9.37. The number of hydrogen-bond acceptors (Lipinski definition) is 3. The zero-order valence-electron chi connectivity index (χ0n) is 16.1. The first-order valence-corrected chi connectivity index (χ1v) is 11.4. The molecule has 4 saturated carbocycles. The number of hydrogen-bond donors (Lipinski definition) is 2. The number of benzene rings is 1. The maximum Gasteiger partial charge on any atom is 0.230 e. The van der Waals surface area contributed by atoms with Gasteiger partial charge in [0.05, 0.1) is 16.8 Å². The molecule has 0 aliphatic heterocycles. The maximum absolute atomic E-state index is 12.3. The van der Waals surface area contributed by atoms with Crippen molar-refractivity contribution in [2.24, 2.45) is 23.2 Å². The summed E-state index contributed by atoms with van der Waals surface area (Å²) in [5.41, 5.74) is 3.77. The molecule has 0 saturated heterocycles. The molecule has 4 aliphatic carbocycles. The summed E-state index contributed by atoms with van der Waals surface area (Å²) in [4.78, 5) is 20.2. The first-order valence-electron chi connectivity index (χ1n) is 10.4. The number of aromatic nitrogens is 2. The van der Waals surface area contributed by atoms with Gasteiger partial charge in [-0.2, -0.15) is 0 Å². The van der Waals surface area contributed by atoms with Crippen LogP contribution in [-0.2, 0) is 4.79 Å². The summed E-state index contributed by atoms with van der Waals surface area (Å²) in [6.45, 7) is 2.91. The van der Waals surface area contributed by atoms with Crippen LogP contribution >= 0.6 is 11.8 Å². The van der Waals surface area contributed by atoms with E-state index in [9.17, 15) is 4.79 Å². The van der Waals surface area contributed by atoms with Gasteiger partial charge in [-0.05, 0) is 92.7 Å². The summed E-state index contributed by atoms with van der Waals surface area (Å²) in [5, 5.41) is 4.00. The molecule has 4 aliphatic rings. The average molecular weight is 384 g/mol. The van der Waals surface area contributed by atoms with Crippen molar-refractivity contribution in [1.82, 2.24) is 15.3 Å². The maximum atomic E-state index is 12.3. The van der Waals surface area contributed by atoms with Gasteiger partial charge in [-0.15, -0.1) is 0 Å². The van der Waals surface area contributed by atoms with Crippen molar-refractivity contribution >= 4 is 28.7 Å². The van der Waals surface area contributed by atoms with E-state index >= 15 is 0 Å². The van der Waals surface area contributed by atoms with Gasteiger partial charge in [-0.1, -0.05) is 17.8 Å². The van der Waals surface area contributed by atoms with E-state index in [0.29, 0.717) is 11.2 Å². The Morgan fingerprint density at radius 1 is 1.22 bits per heavy atom. The number of fused-ring (bicyclic) bond motifs is 1. The number of aromatic amines is 1. The van der Waals surface area contributed by atoms with Gasteiger partial charge in [0.2, 0.25) is 5.91 Å². The van der Waals surface area contributed by atoms with Crippen LogP contribution in [-0.4, -0.2) is 28.2 Å². The van der Waals surface area contributed by atoms with Gasteiger partial charge < -0.3 is 10.3 Å².